The van der Waals surface area contributed by atoms with Gasteiger partial charge in [-0.3, -0.25) is 0 Å². The summed E-state index contributed by atoms with van der Waals surface area (Å²) < 4.78 is 7.57. The normalized spacial score (nSPS) is 10.5. The van der Waals surface area contributed by atoms with Gasteiger partial charge in [-0.05, 0) is 61.9 Å². The van der Waals surface area contributed by atoms with Crippen molar-refractivity contribution in [2.24, 2.45) is 0 Å². The van der Waals surface area contributed by atoms with Gasteiger partial charge in [0.05, 0.1) is 5.56 Å². The molecule has 0 radical (unpaired) electrons. The van der Waals surface area contributed by atoms with Crippen LogP contribution in [0.1, 0.15) is 0 Å². The van der Waals surface area contributed by atoms with Gasteiger partial charge in [-0.25, -0.2) is 0 Å². The predicted octanol–water partition coefficient (Wildman–Crippen LogP) is 3.87. The lowest BCUT2D eigenvalue weighted by Crippen LogP contribution is -1.82. The van der Waals surface area contributed by atoms with Crippen LogP contribution in [0.2, 0.25) is 0 Å². The van der Waals surface area contributed by atoms with Gasteiger partial charge in [0, 0.05) is 8.04 Å². The van der Waals surface area contributed by atoms with Gasteiger partial charge in [-0.2, -0.15) is 4.98 Å². The number of benzene rings is 1. The first-order valence-electron chi connectivity index (χ1n) is 3.61. The SMILES string of the molecule is Brc1ccc(I)c(-c2nc(Br)no2)c1. The summed E-state index contributed by atoms with van der Waals surface area (Å²) in [6, 6.07) is 5.90. The van der Waals surface area contributed by atoms with Crippen molar-refractivity contribution in [3.05, 3.63) is 31.0 Å². The Morgan fingerprint density at radius 3 is 2.71 bits per heavy atom. The molecule has 3 nitrogen and oxygen atoms in total. The number of halogens is 3. The van der Waals surface area contributed by atoms with Crippen LogP contribution in [-0.4, -0.2) is 10.1 Å². The number of hydrogen-bond acceptors (Lipinski definition) is 3. The first-order chi connectivity index (χ1) is 6.66. The van der Waals surface area contributed by atoms with Crippen molar-refractivity contribution in [3.63, 3.8) is 0 Å². The fourth-order valence-electron chi connectivity index (χ4n) is 0.976. The van der Waals surface area contributed by atoms with E-state index in [-0.39, 0.29) is 0 Å². The largest absolute Gasteiger partial charge is 0.333 e. The molecule has 1 aromatic heterocycles. The molecule has 1 heterocycles. The molecule has 0 fully saturated rings. The molecule has 0 aliphatic rings. The highest BCUT2D eigenvalue weighted by Crippen LogP contribution is 2.27. The Hall–Kier alpha value is 0.0500. The van der Waals surface area contributed by atoms with E-state index in [0.29, 0.717) is 10.6 Å². The highest BCUT2D eigenvalue weighted by atomic mass is 127. The predicted molar refractivity (Wildman–Crippen MR) is 67.9 cm³/mol. The molecule has 2 aromatic rings. The van der Waals surface area contributed by atoms with Gasteiger partial charge in [-0.1, -0.05) is 15.9 Å². The van der Waals surface area contributed by atoms with Crippen molar-refractivity contribution in [2.75, 3.05) is 0 Å². The molecule has 0 spiro atoms. The summed E-state index contributed by atoms with van der Waals surface area (Å²) in [5.41, 5.74) is 0.929. The van der Waals surface area contributed by atoms with Crippen molar-refractivity contribution < 1.29 is 4.52 Å². The van der Waals surface area contributed by atoms with E-state index in [2.05, 4.69) is 64.6 Å². The zero-order valence-electron chi connectivity index (χ0n) is 6.67. The van der Waals surface area contributed by atoms with Crippen LogP contribution in [0.4, 0.5) is 0 Å². The third-order valence-corrected chi connectivity index (χ3v) is 3.32. The number of nitrogens with zero attached hydrogens (tertiary/aromatic N) is 2. The Kier molecular flexibility index (Phi) is 3.23. The summed E-state index contributed by atoms with van der Waals surface area (Å²) in [6.07, 6.45) is 0. The highest BCUT2D eigenvalue weighted by molar-refractivity contribution is 14.1. The topological polar surface area (TPSA) is 38.9 Å². The van der Waals surface area contributed by atoms with E-state index in [0.717, 1.165) is 13.6 Å². The maximum Gasteiger partial charge on any atom is 0.259 e. The second-order valence-electron chi connectivity index (χ2n) is 2.49. The molecule has 1 aromatic carbocycles. The van der Waals surface area contributed by atoms with Crippen molar-refractivity contribution >= 4 is 54.5 Å². The fraction of sp³-hybridized carbons (Fsp3) is 0. The minimum Gasteiger partial charge on any atom is -0.333 e. The molecule has 14 heavy (non-hydrogen) atoms. The van der Waals surface area contributed by atoms with E-state index >= 15 is 0 Å². The minimum absolute atomic E-state index is 0.461. The average molecular weight is 430 g/mol. The maximum atomic E-state index is 5.05. The third kappa shape index (κ3) is 2.17. The number of hydrogen-bond donors (Lipinski definition) is 0. The molecule has 6 heteroatoms. The van der Waals surface area contributed by atoms with Crippen LogP contribution >= 0.6 is 54.5 Å². The molecule has 0 aliphatic heterocycles. The van der Waals surface area contributed by atoms with E-state index in [1.807, 2.05) is 18.2 Å². The van der Waals surface area contributed by atoms with Crippen molar-refractivity contribution in [3.8, 4) is 11.5 Å². The van der Waals surface area contributed by atoms with Gasteiger partial charge in [0.25, 0.3) is 5.89 Å². The molecule has 0 unspecified atom stereocenters. The quantitative estimate of drug-likeness (QED) is 0.646. The Morgan fingerprint density at radius 1 is 1.29 bits per heavy atom. The first kappa shape index (κ1) is 10.6. The molecule has 2 rings (SSSR count). The lowest BCUT2D eigenvalue weighted by molar-refractivity contribution is 0.426. The Labute approximate surface area is 111 Å². The molecule has 0 N–H and O–H groups in total. The smallest absolute Gasteiger partial charge is 0.259 e. The summed E-state index contributed by atoms with van der Waals surface area (Å²) in [4.78, 5) is 4.10. The lowest BCUT2D eigenvalue weighted by Gasteiger charge is -1.98. The number of rotatable bonds is 1. The van der Waals surface area contributed by atoms with Crippen LogP contribution in [-0.2, 0) is 0 Å². The monoisotopic (exact) mass is 428 g/mol. The Balaban J connectivity index is 2.55. The van der Waals surface area contributed by atoms with Gasteiger partial charge >= 0.3 is 0 Å². The summed E-state index contributed by atoms with van der Waals surface area (Å²) in [7, 11) is 0. The maximum absolute atomic E-state index is 5.05. The van der Waals surface area contributed by atoms with Gasteiger partial charge in [0.15, 0.2) is 0 Å². The van der Waals surface area contributed by atoms with E-state index < -0.39 is 0 Å². The van der Waals surface area contributed by atoms with Crippen LogP contribution in [0.5, 0.6) is 0 Å². The van der Waals surface area contributed by atoms with Gasteiger partial charge in [0.1, 0.15) is 0 Å². The second kappa shape index (κ2) is 4.28. The zero-order valence-corrected chi connectivity index (χ0v) is 12.0. The van der Waals surface area contributed by atoms with Crippen LogP contribution in [0.15, 0.2) is 31.9 Å². The fourth-order valence-corrected chi connectivity index (χ4v) is 2.14. The minimum atomic E-state index is 0.461. The molecule has 0 bridgehead atoms. The molecule has 0 amide bonds. The summed E-state index contributed by atoms with van der Waals surface area (Å²) in [5.74, 6) is 0.516. The summed E-state index contributed by atoms with van der Waals surface area (Å²) >= 11 is 8.76. The molecule has 0 atom stereocenters. The Bertz CT molecular complexity index is 472. The van der Waals surface area contributed by atoms with Crippen LogP contribution in [0.25, 0.3) is 11.5 Å². The van der Waals surface area contributed by atoms with Crippen molar-refractivity contribution in [1.82, 2.24) is 10.1 Å². The van der Waals surface area contributed by atoms with E-state index in [1.54, 1.807) is 0 Å². The highest BCUT2D eigenvalue weighted by Gasteiger charge is 2.10. The van der Waals surface area contributed by atoms with Crippen LogP contribution in [0, 0.1) is 3.57 Å². The van der Waals surface area contributed by atoms with Crippen LogP contribution < -0.4 is 0 Å². The molecule has 72 valence electrons. The second-order valence-corrected chi connectivity index (χ2v) is 5.28. The molecule has 0 aliphatic carbocycles. The Morgan fingerprint density at radius 2 is 2.07 bits per heavy atom. The lowest BCUT2D eigenvalue weighted by atomic mass is 10.2. The average Bonchev–Trinajstić information content (AvgIpc) is 2.56. The van der Waals surface area contributed by atoms with Gasteiger partial charge < -0.3 is 4.52 Å². The first-order valence-corrected chi connectivity index (χ1v) is 6.28. The van der Waals surface area contributed by atoms with E-state index in [9.17, 15) is 0 Å². The molecular formula is C8H3Br2IN2O. The molecular weight excluding hydrogens is 427 g/mol. The zero-order chi connectivity index (χ0) is 10.1. The third-order valence-electron chi connectivity index (χ3n) is 1.56. The standard InChI is InChI=1S/C8H3Br2IN2O/c9-4-1-2-6(11)5(3-4)7-12-8(10)13-14-7/h1-3H. The van der Waals surface area contributed by atoms with Crippen LogP contribution in [0.3, 0.4) is 0 Å². The van der Waals surface area contributed by atoms with Crippen molar-refractivity contribution in [1.29, 1.82) is 0 Å². The van der Waals surface area contributed by atoms with Gasteiger partial charge in [-0.15, -0.1) is 0 Å². The van der Waals surface area contributed by atoms with E-state index in [4.69, 9.17) is 4.52 Å². The molecule has 0 saturated heterocycles. The summed E-state index contributed by atoms with van der Waals surface area (Å²) in [6.45, 7) is 0. The molecule has 0 saturated carbocycles. The van der Waals surface area contributed by atoms with Gasteiger partial charge in [0.2, 0.25) is 4.73 Å². The summed E-state index contributed by atoms with van der Waals surface area (Å²) in [5, 5.41) is 3.68. The number of aromatic nitrogens is 2. The van der Waals surface area contributed by atoms with Crippen molar-refractivity contribution in [2.45, 2.75) is 0 Å². The van der Waals surface area contributed by atoms with E-state index in [1.165, 1.54) is 0 Å².